The molecule has 0 bridgehead atoms. The molecule has 4 rings (SSSR count). The minimum absolute atomic E-state index is 0.536. The fourth-order valence-electron chi connectivity index (χ4n) is 4.05. The number of aryl methyl sites for hydroxylation is 2. The van der Waals surface area contributed by atoms with Crippen LogP contribution in [0.5, 0.6) is 0 Å². The van der Waals surface area contributed by atoms with Gasteiger partial charge < -0.3 is 5.73 Å². The van der Waals surface area contributed by atoms with Crippen molar-refractivity contribution in [2.45, 2.75) is 78.2 Å². The molecule has 2 aromatic rings. The summed E-state index contributed by atoms with van der Waals surface area (Å²) in [5, 5.41) is 3.33. The van der Waals surface area contributed by atoms with Crippen LogP contribution in [0.2, 0.25) is 0 Å². The van der Waals surface area contributed by atoms with Crippen LogP contribution in [0, 0.1) is 20.8 Å². The summed E-state index contributed by atoms with van der Waals surface area (Å²) in [6.07, 6.45) is 10.5. The number of nitrogens with two attached hydrogens (primary N) is 1. The zero-order valence-corrected chi connectivity index (χ0v) is 16.1. The van der Waals surface area contributed by atoms with Crippen molar-refractivity contribution < 1.29 is 0 Å². The van der Waals surface area contributed by atoms with Gasteiger partial charge in [0.15, 0.2) is 0 Å². The van der Waals surface area contributed by atoms with E-state index in [0.717, 1.165) is 10.7 Å². The molecule has 0 unspecified atom stereocenters. The summed E-state index contributed by atoms with van der Waals surface area (Å²) in [7, 11) is 0. The Morgan fingerprint density at radius 2 is 1.71 bits per heavy atom. The maximum Gasteiger partial charge on any atom is 0.0901 e. The van der Waals surface area contributed by atoms with Crippen LogP contribution >= 0.6 is 11.3 Å². The van der Waals surface area contributed by atoms with Crippen LogP contribution in [0.3, 0.4) is 0 Å². The van der Waals surface area contributed by atoms with E-state index in [1.54, 1.807) is 22.5 Å². The summed E-state index contributed by atoms with van der Waals surface area (Å²) in [4.78, 5) is 4.63. The fraction of sp³-hybridized carbons (Fsp3) is 0.571. The van der Waals surface area contributed by atoms with Gasteiger partial charge in [-0.05, 0) is 81.2 Å². The normalized spacial score (nSPS) is 17.3. The lowest BCUT2D eigenvalue weighted by molar-refractivity contribution is 0.441. The highest BCUT2D eigenvalue weighted by atomic mass is 32.1. The smallest absolute Gasteiger partial charge is 0.0901 e. The van der Waals surface area contributed by atoms with Crippen LogP contribution in [0.4, 0.5) is 0 Å². The first-order chi connectivity index (χ1) is 11.6. The van der Waals surface area contributed by atoms with E-state index in [1.807, 2.05) is 0 Å². The lowest BCUT2D eigenvalue weighted by Crippen LogP contribution is -2.22. The van der Waals surface area contributed by atoms with E-state index in [9.17, 15) is 0 Å². The first-order valence-corrected chi connectivity index (χ1v) is 10.2. The Morgan fingerprint density at radius 3 is 2.29 bits per heavy atom. The van der Waals surface area contributed by atoms with E-state index in [-0.39, 0.29) is 0 Å². The minimum atomic E-state index is 0.536. The minimum Gasteiger partial charge on any atom is -0.328 e. The van der Waals surface area contributed by atoms with Gasteiger partial charge in [0.25, 0.3) is 0 Å². The third-order valence-electron chi connectivity index (χ3n) is 5.46. The second kappa shape index (κ2) is 7.79. The summed E-state index contributed by atoms with van der Waals surface area (Å²) in [5.41, 5.74) is 14.2. The number of hydrogen-bond acceptors (Lipinski definition) is 3. The van der Waals surface area contributed by atoms with E-state index < -0.39 is 0 Å². The molecular formula is C21H30N2S. The van der Waals surface area contributed by atoms with Crippen LogP contribution in [0.25, 0.3) is 11.3 Å². The molecule has 3 heteroatoms. The molecule has 1 saturated carbocycles. The number of thiazole rings is 1. The quantitative estimate of drug-likeness (QED) is 0.743. The van der Waals surface area contributed by atoms with Gasteiger partial charge in [-0.1, -0.05) is 19.3 Å². The van der Waals surface area contributed by atoms with Gasteiger partial charge in [-0.2, -0.15) is 0 Å². The van der Waals surface area contributed by atoms with Crippen molar-refractivity contribution in [3.63, 3.8) is 0 Å². The fourth-order valence-corrected chi connectivity index (χ4v) is 4.67. The van der Waals surface area contributed by atoms with Gasteiger partial charge >= 0.3 is 0 Å². The van der Waals surface area contributed by atoms with Gasteiger partial charge in [0.2, 0.25) is 0 Å². The summed E-state index contributed by atoms with van der Waals surface area (Å²) in [6, 6.07) is 2.86. The van der Waals surface area contributed by atoms with E-state index in [0.29, 0.717) is 6.04 Å². The maximum absolute atomic E-state index is 5.63. The summed E-state index contributed by atoms with van der Waals surface area (Å²) < 4.78 is 0. The van der Waals surface area contributed by atoms with Crippen molar-refractivity contribution in [3.8, 4) is 11.3 Å². The highest BCUT2D eigenvalue weighted by Crippen LogP contribution is 2.35. The maximum atomic E-state index is 5.63. The van der Waals surface area contributed by atoms with Crippen LogP contribution in [-0.4, -0.2) is 11.0 Å². The molecule has 0 aliphatic heterocycles. The Balaban J connectivity index is 0.000000203. The molecule has 1 aromatic carbocycles. The number of nitrogens with zero attached hydrogens (tertiary/aromatic N) is 1. The van der Waals surface area contributed by atoms with Gasteiger partial charge in [0, 0.05) is 17.0 Å². The zero-order valence-electron chi connectivity index (χ0n) is 15.3. The molecule has 2 nitrogen and oxygen atoms in total. The predicted octanol–water partition coefficient (Wildman–Crippen LogP) is 5.50. The second-order valence-electron chi connectivity index (χ2n) is 7.33. The Hall–Kier alpha value is -1.19. The molecule has 0 spiro atoms. The topological polar surface area (TPSA) is 38.9 Å². The molecule has 0 radical (unpaired) electrons. The van der Waals surface area contributed by atoms with Crippen LogP contribution in [-0.2, 0) is 12.8 Å². The van der Waals surface area contributed by atoms with Crippen LogP contribution < -0.4 is 5.73 Å². The molecule has 130 valence electrons. The van der Waals surface area contributed by atoms with E-state index >= 15 is 0 Å². The molecule has 1 heterocycles. The third-order valence-corrected chi connectivity index (χ3v) is 6.23. The lowest BCUT2D eigenvalue weighted by Gasteiger charge is -2.15. The van der Waals surface area contributed by atoms with Crippen LogP contribution in [0.15, 0.2) is 11.4 Å². The molecule has 0 atom stereocenters. The summed E-state index contributed by atoms with van der Waals surface area (Å²) >= 11 is 1.74. The van der Waals surface area contributed by atoms with Crippen molar-refractivity contribution in [1.82, 2.24) is 4.98 Å². The Labute approximate surface area is 150 Å². The number of rotatable bonds is 1. The van der Waals surface area contributed by atoms with Gasteiger partial charge in [-0.3, -0.25) is 0 Å². The van der Waals surface area contributed by atoms with Gasteiger partial charge in [-0.25, -0.2) is 4.98 Å². The van der Waals surface area contributed by atoms with Crippen molar-refractivity contribution in [2.75, 3.05) is 0 Å². The molecule has 1 fully saturated rings. The SMILES string of the molecule is Cc1nc(-c2cc(C)c3c(c2C)CCC3)cs1.NC1CCCCC1. The van der Waals surface area contributed by atoms with Crippen molar-refractivity contribution in [2.24, 2.45) is 5.73 Å². The van der Waals surface area contributed by atoms with Gasteiger partial charge in [0.05, 0.1) is 10.7 Å². The molecule has 0 amide bonds. The highest BCUT2D eigenvalue weighted by Gasteiger charge is 2.19. The number of aromatic nitrogens is 1. The largest absolute Gasteiger partial charge is 0.328 e. The van der Waals surface area contributed by atoms with Gasteiger partial charge in [0.1, 0.15) is 0 Å². The van der Waals surface area contributed by atoms with E-state index in [4.69, 9.17) is 5.73 Å². The van der Waals surface area contributed by atoms with Gasteiger partial charge in [-0.15, -0.1) is 11.3 Å². The molecular weight excluding hydrogens is 312 g/mol. The molecule has 1 aromatic heterocycles. The monoisotopic (exact) mass is 342 g/mol. The number of hydrogen-bond donors (Lipinski definition) is 1. The van der Waals surface area contributed by atoms with Crippen molar-refractivity contribution >= 4 is 11.3 Å². The second-order valence-corrected chi connectivity index (χ2v) is 8.39. The Bertz CT molecular complexity index is 696. The molecule has 0 saturated heterocycles. The highest BCUT2D eigenvalue weighted by molar-refractivity contribution is 7.09. The van der Waals surface area contributed by atoms with E-state index in [1.165, 1.54) is 68.1 Å². The number of benzene rings is 1. The standard InChI is InChI=1S/C15H17NS.C6H13N/c1-9-7-14(15-8-17-11(3)16-15)10(2)13-6-4-5-12(9)13;7-6-4-2-1-3-5-6/h7-8H,4-6H2,1-3H3;6H,1-5,7H2. The first-order valence-electron chi connectivity index (χ1n) is 9.36. The molecule has 2 aliphatic carbocycles. The summed E-state index contributed by atoms with van der Waals surface area (Å²) in [5.74, 6) is 0. The zero-order chi connectivity index (χ0) is 17.1. The van der Waals surface area contributed by atoms with Crippen molar-refractivity contribution in [1.29, 1.82) is 0 Å². The summed E-state index contributed by atoms with van der Waals surface area (Å²) in [6.45, 7) is 6.57. The first kappa shape index (κ1) is 17.6. The number of fused-ring (bicyclic) bond motifs is 1. The van der Waals surface area contributed by atoms with E-state index in [2.05, 4.69) is 37.2 Å². The predicted molar refractivity (Wildman–Crippen MR) is 105 cm³/mol. The van der Waals surface area contributed by atoms with Crippen molar-refractivity contribution in [3.05, 3.63) is 38.7 Å². The molecule has 24 heavy (non-hydrogen) atoms. The lowest BCUT2D eigenvalue weighted by atomic mass is 9.93. The Morgan fingerprint density at radius 1 is 1.00 bits per heavy atom. The third kappa shape index (κ3) is 3.89. The molecule has 2 aliphatic rings. The average molecular weight is 343 g/mol. The average Bonchev–Trinajstić information content (AvgIpc) is 3.22. The molecule has 2 N–H and O–H groups in total. The van der Waals surface area contributed by atoms with Crippen LogP contribution in [0.1, 0.15) is 65.8 Å². The Kier molecular flexibility index (Phi) is 5.72.